The maximum Gasteiger partial charge on any atom is 0.257 e. The first-order valence-corrected chi connectivity index (χ1v) is 6.22. The average molecular weight is 542 g/mol. The molecule has 0 saturated carbocycles. The van der Waals surface area contributed by atoms with Crippen LogP contribution in [0.4, 0.5) is 0 Å². The van der Waals surface area contributed by atoms with Crippen LogP contribution in [-0.4, -0.2) is 22.8 Å². The molecule has 23 heavy (non-hydrogen) atoms. The molecule has 0 saturated heterocycles. The van der Waals surface area contributed by atoms with Gasteiger partial charge >= 0.3 is 0 Å². The summed E-state index contributed by atoms with van der Waals surface area (Å²) in [5, 5.41) is 22.8. The van der Waals surface area contributed by atoms with Gasteiger partial charge < -0.3 is 58.4 Å². The fraction of sp³-hybridized carbons (Fsp3) is 0.143. The molecule has 0 bridgehead atoms. The van der Waals surface area contributed by atoms with E-state index in [9.17, 15) is 0 Å². The molecule has 0 spiro atoms. The van der Waals surface area contributed by atoms with Crippen LogP contribution in [0.2, 0.25) is 0 Å². The quantitative estimate of drug-likeness (QED) is 0.126. The highest BCUT2D eigenvalue weighted by molar-refractivity contribution is 5.78. The zero-order chi connectivity index (χ0) is 14.9. The van der Waals surface area contributed by atoms with Gasteiger partial charge in [-0.2, -0.15) is 9.13 Å². The van der Waals surface area contributed by atoms with Gasteiger partial charge in [-0.3, -0.25) is 4.74 Å². The summed E-state index contributed by atoms with van der Waals surface area (Å²) in [6, 6.07) is 7.27. The van der Waals surface area contributed by atoms with Crippen LogP contribution in [0.1, 0.15) is 11.1 Å². The summed E-state index contributed by atoms with van der Waals surface area (Å²) in [5.41, 5.74) is 1.62. The molecule has 0 aromatic carbocycles. The molecule has 0 unspecified atom stereocenters. The lowest BCUT2D eigenvalue weighted by atomic mass is 10.3. The van der Waals surface area contributed by atoms with Crippen LogP contribution in [0.3, 0.4) is 0 Å². The van der Waals surface area contributed by atoms with Crippen molar-refractivity contribution in [3.8, 4) is 0 Å². The molecule has 2 N–H and O–H groups in total. The van der Waals surface area contributed by atoms with E-state index < -0.39 is 0 Å². The molecule has 2 heterocycles. The topological polar surface area (TPSA) is 82.2 Å². The van der Waals surface area contributed by atoms with Crippen LogP contribution in [0.5, 0.6) is 0 Å². The van der Waals surface area contributed by atoms with Crippen molar-refractivity contribution in [2.75, 3.05) is 0 Å². The molecule has 0 aliphatic carbocycles. The van der Waals surface area contributed by atoms with Gasteiger partial charge in [0.2, 0.25) is 0 Å². The Bertz CT molecular complexity index is 563. The van der Waals surface area contributed by atoms with E-state index in [1.807, 2.05) is 58.2 Å². The van der Waals surface area contributed by atoms with Crippen LogP contribution in [-0.2, 0) is 18.2 Å². The molecule has 7 nitrogen and oxygen atoms in total. The van der Waals surface area contributed by atoms with E-state index in [1.165, 1.54) is 12.4 Å². The maximum absolute atomic E-state index is 8.42. The van der Waals surface area contributed by atoms with Crippen molar-refractivity contribution in [1.82, 2.24) is 0 Å². The van der Waals surface area contributed by atoms with Gasteiger partial charge in [0.05, 0.1) is 12.4 Å². The summed E-state index contributed by atoms with van der Waals surface area (Å²) >= 11 is 0. The van der Waals surface area contributed by atoms with E-state index in [4.69, 9.17) is 15.2 Å². The highest BCUT2D eigenvalue weighted by Crippen LogP contribution is 1.91. The molecule has 2 aromatic heterocycles. The molecular formula is C14H16I2N4O3. The molecule has 124 valence electrons. The Morgan fingerprint density at radius 3 is 1.43 bits per heavy atom. The normalized spacial score (nSPS) is 10.4. The minimum atomic E-state index is 0. The number of oxime groups is 2. The molecule has 0 aliphatic heterocycles. The maximum atomic E-state index is 8.42. The molecule has 0 fully saturated rings. The molecule has 0 atom stereocenters. The van der Waals surface area contributed by atoms with Crippen LogP contribution in [0.15, 0.2) is 59.4 Å². The van der Waals surface area contributed by atoms with E-state index in [0.29, 0.717) is 13.5 Å². The number of ether oxygens (including phenoxy) is 1. The predicted octanol–water partition coefficient (Wildman–Crippen LogP) is -5.48. The van der Waals surface area contributed by atoms with E-state index in [2.05, 4.69) is 10.3 Å². The second-order valence-corrected chi connectivity index (χ2v) is 4.24. The second-order valence-electron chi connectivity index (χ2n) is 4.24. The van der Waals surface area contributed by atoms with Gasteiger partial charge in [-0.05, 0) is 0 Å². The number of halogens is 2. The highest BCUT2D eigenvalue weighted by Gasteiger charge is 2.04. The van der Waals surface area contributed by atoms with Crippen molar-refractivity contribution in [3.63, 3.8) is 0 Å². The molecule has 0 aliphatic rings. The Labute approximate surface area is 167 Å². The first-order valence-electron chi connectivity index (χ1n) is 6.22. The van der Waals surface area contributed by atoms with E-state index >= 15 is 0 Å². The van der Waals surface area contributed by atoms with Gasteiger partial charge in [0.1, 0.15) is 0 Å². The first kappa shape index (κ1) is 21.7. The summed E-state index contributed by atoms with van der Waals surface area (Å²) in [7, 11) is 0. The van der Waals surface area contributed by atoms with Gasteiger partial charge in [-0.25, -0.2) is 0 Å². The lowest BCUT2D eigenvalue weighted by Crippen LogP contribution is -3.00. The minimum Gasteiger partial charge on any atom is -1.00 e. The summed E-state index contributed by atoms with van der Waals surface area (Å²) in [6.07, 6.45) is 10.1. The van der Waals surface area contributed by atoms with Crippen molar-refractivity contribution in [3.05, 3.63) is 60.2 Å². The summed E-state index contributed by atoms with van der Waals surface area (Å²) < 4.78 is 9.29. The SMILES string of the molecule is O/N=C\c1cc[n+](COC[n+]2ccc(/C=N\O)cc2)cc1.[I-].[I-]. The standard InChI is InChI=1S/C14H14N4O3.2HI/c19-15-9-13-1-5-17(6-2-13)11-21-12-18-7-3-14(4-8-18)10-16-20;;/h1-10H,11-12H2;2*1H. The Balaban J connectivity index is 0.00000242. The fourth-order valence-electron chi connectivity index (χ4n) is 1.67. The summed E-state index contributed by atoms with van der Waals surface area (Å²) in [4.78, 5) is 0. The second kappa shape index (κ2) is 12.1. The fourth-order valence-corrected chi connectivity index (χ4v) is 1.67. The van der Waals surface area contributed by atoms with E-state index in [0.717, 1.165) is 11.1 Å². The van der Waals surface area contributed by atoms with Gasteiger partial charge in [0.15, 0.2) is 24.8 Å². The van der Waals surface area contributed by atoms with Crippen LogP contribution >= 0.6 is 0 Å². The lowest BCUT2D eigenvalue weighted by Gasteiger charge is -1.98. The third-order valence-corrected chi connectivity index (χ3v) is 2.73. The van der Waals surface area contributed by atoms with Crippen LogP contribution < -0.4 is 57.1 Å². The smallest absolute Gasteiger partial charge is 0.257 e. The Kier molecular flexibility index (Phi) is 11.4. The third kappa shape index (κ3) is 7.65. The molecule has 2 rings (SSSR count). The Morgan fingerprint density at radius 2 is 1.13 bits per heavy atom. The zero-order valence-electron chi connectivity index (χ0n) is 12.0. The number of nitrogens with zero attached hydrogens (tertiary/aromatic N) is 4. The van der Waals surface area contributed by atoms with Crippen LogP contribution in [0.25, 0.3) is 0 Å². The van der Waals surface area contributed by atoms with Gasteiger partial charge in [-0.1, -0.05) is 10.3 Å². The van der Waals surface area contributed by atoms with Crippen molar-refractivity contribution in [2.24, 2.45) is 10.3 Å². The van der Waals surface area contributed by atoms with Gasteiger partial charge in [0.25, 0.3) is 13.5 Å². The number of pyridine rings is 2. The van der Waals surface area contributed by atoms with Crippen LogP contribution in [0, 0.1) is 0 Å². The summed E-state index contributed by atoms with van der Waals surface area (Å²) in [6.45, 7) is 0.812. The Morgan fingerprint density at radius 1 is 0.783 bits per heavy atom. The molecule has 2 aromatic rings. The predicted molar refractivity (Wildman–Crippen MR) is 73.1 cm³/mol. The lowest BCUT2D eigenvalue weighted by molar-refractivity contribution is -0.788. The zero-order valence-corrected chi connectivity index (χ0v) is 16.4. The van der Waals surface area contributed by atoms with Crippen molar-refractivity contribution >= 4 is 12.4 Å². The molecule has 0 amide bonds. The average Bonchev–Trinajstić information content (AvgIpc) is 2.51. The summed E-state index contributed by atoms with van der Waals surface area (Å²) in [5.74, 6) is 0. The highest BCUT2D eigenvalue weighted by atomic mass is 127. The molecule has 0 radical (unpaired) electrons. The van der Waals surface area contributed by atoms with E-state index in [1.54, 1.807) is 0 Å². The van der Waals surface area contributed by atoms with Gasteiger partial charge in [-0.15, -0.1) is 0 Å². The number of rotatable bonds is 6. The first-order chi connectivity index (χ1) is 10.3. The van der Waals surface area contributed by atoms with Crippen molar-refractivity contribution < 1.29 is 72.2 Å². The molecular weight excluding hydrogens is 526 g/mol. The number of hydrogen-bond acceptors (Lipinski definition) is 5. The number of aromatic nitrogens is 2. The number of hydrogen-bond donors (Lipinski definition) is 2. The van der Waals surface area contributed by atoms with E-state index in [-0.39, 0.29) is 48.0 Å². The van der Waals surface area contributed by atoms with Crippen molar-refractivity contribution in [1.29, 1.82) is 0 Å². The molecule has 9 heteroatoms. The Hall–Kier alpha value is -1.34. The monoisotopic (exact) mass is 542 g/mol. The largest absolute Gasteiger partial charge is 1.00 e. The van der Waals surface area contributed by atoms with Gasteiger partial charge in [0, 0.05) is 35.4 Å². The minimum absolute atomic E-state index is 0. The third-order valence-electron chi connectivity index (χ3n) is 2.73. The van der Waals surface area contributed by atoms with Crippen molar-refractivity contribution in [2.45, 2.75) is 13.5 Å².